The molecule has 0 saturated heterocycles. The van der Waals surface area contributed by atoms with E-state index in [0.29, 0.717) is 11.4 Å². The number of amides is 2. The number of nitrogen functional groups attached to an aromatic ring is 1. The molecule has 2 N–H and O–H groups in total. The Hall–Kier alpha value is -2.04. The van der Waals surface area contributed by atoms with Gasteiger partial charge < -0.3 is 10.5 Å². The first-order chi connectivity index (χ1) is 7.41. The van der Waals surface area contributed by atoms with E-state index < -0.39 is 6.09 Å². The number of nitrogens with two attached hydrogens (primary N) is 1. The molecule has 0 saturated carbocycles. The molecule has 5 heteroatoms. The molecule has 1 aromatic rings. The summed E-state index contributed by atoms with van der Waals surface area (Å²) >= 11 is 0. The highest BCUT2D eigenvalue weighted by molar-refractivity contribution is 5.90. The van der Waals surface area contributed by atoms with Gasteiger partial charge in [-0.05, 0) is 30.7 Å². The van der Waals surface area contributed by atoms with E-state index in [1.807, 2.05) is 0 Å². The van der Waals surface area contributed by atoms with Crippen molar-refractivity contribution in [1.29, 1.82) is 0 Å². The van der Waals surface area contributed by atoms with Gasteiger partial charge >= 0.3 is 6.09 Å². The highest BCUT2D eigenvalue weighted by Gasteiger charge is 2.14. The summed E-state index contributed by atoms with van der Waals surface area (Å²) in [7, 11) is 1.36. The van der Waals surface area contributed by atoms with Gasteiger partial charge in [-0.25, -0.2) is 4.79 Å². The van der Waals surface area contributed by atoms with E-state index in [9.17, 15) is 9.59 Å². The number of anilines is 1. The number of carbonyl (C=O) groups excluding carboxylic acids is 2. The van der Waals surface area contributed by atoms with Crippen molar-refractivity contribution >= 4 is 17.7 Å². The zero-order chi connectivity index (χ0) is 12.3. The SMILES string of the molecule is CC(=O)N(C)C(=O)Oc1ccc(N)c(C)c1. The second-order valence-electron chi connectivity index (χ2n) is 3.46. The lowest BCUT2D eigenvalue weighted by atomic mass is 10.2. The van der Waals surface area contributed by atoms with Gasteiger partial charge in [0.25, 0.3) is 0 Å². The molecule has 0 aliphatic carbocycles. The largest absolute Gasteiger partial charge is 0.421 e. The molecule has 16 heavy (non-hydrogen) atoms. The predicted octanol–water partition coefficient (Wildman–Crippen LogP) is 1.55. The smallest absolute Gasteiger partial charge is 0.410 e. The molecule has 0 aliphatic heterocycles. The van der Waals surface area contributed by atoms with Gasteiger partial charge in [-0.2, -0.15) is 0 Å². The van der Waals surface area contributed by atoms with Crippen LogP contribution in [0.5, 0.6) is 5.75 Å². The first-order valence-electron chi connectivity index (χ1n) is 4.74. The van der Waals surface area contributed by atoms with E-state index in [-0.39, 0.29) is 5.91 Å². The van der Waals surface area contributed by atoms with Crippen LogP contribution in [0.2, 0.25) is 0 Å². The van der Waals surface area contributed by atoms with Crippen LogP contribution in [0.4, 0.5) is 10.5 Å². The van der Waals surface area contributed by atoms with Gasteiger partial charge in [-0.3, -0.25) is 9.69 Å². The van der Waals surface area contributed by atoms with Gasteiger partial charge in [0.05, 0.1) is 0 Å². The monoisotopic (exact) mass is 222 g/mol. The average molecular weight is 222 g/mol. The molecule has 5 nitrogen and oxygen atoms in total. The third kappa shape index (κ3) is 2.73. The quantitative estimate of drug-likeness (QED) is 0.732. The zero-order valence-electron chi connectivity index (χ0n) is 9.48. The predicted molar refractivity (Wildman–Crippen MR) is 60.1 cm³/mol. The maximum atomic E-state index is 11.4. The van der Waals surface area contributed by atoms with Crippen LogP contribution in [0, 0.1) is 6.92 Å². The molecular weight excluding hydrogens is 208 g/mol. The van der Waals surface area contributed by atoms with Crippen molar-refractivity contribution in [3.8, 4) is 5.75 Å². The van der Waals surface area contributed by atoms with Crippen molar-refractivity contribution in [3.05, 3.63) is 23.8 Å². The highest BCUT2D eigenvalue weighted by atomic mass is 16.6. The Bertz CT molecular complexity index is 429. The molecule has 86 valence electrons. The minimum atomic E-state index is -0.711. The lowest BCUT2D eigenvalue weighted by Crippen LogP contribution is -2.33. The number of aryl methyl sites for hydroxylation is 1. The van der Waals surface area contributed by atoms with Gasteiger partial charge in [0.15, 0.2) is 0 Å². The van der Waals surface area contributed by atoms with E-state index in [4.69, 9.17) is 10.5 Å². The van der Waals surface area contributed by atoms with Crippen molar-refractivity contribution in [2.24, 2.45) is 0 Å². The minimum Gasteiger partial charge on any atom is -0.410 e. The second-order valence-corrected chi connectivity index (χ2v) is 3.46. The normalized spacial score (nSPS) is 9.69. The lowest BCUT2D eigenvalue weighted by molar-refractivity contribution is -0.125. The maximum Gasteiger partial charge on any atom is 0.421 e. The first kappa shape index (κ1) is 12.0. The molecule has 2 amide bonds. The summed E-state index contributed by atoms with van der Waals surface area (Å²) in [6, 6.07) is 4.86. The Labute approximate surface area is 93.8 Å². The number of hydrogen-bond donors (Lipinski definition) is 1. The van der Waals surface area contributed by atoms with Crippen LogP contribution in [-0.4, -0.2) is 23.9 Å². The maximum absolute atomic E-state index is 11.4. The number of hydrogen-bond acceptors (Lipinski definition) is 4. The van der Waals surface area contributed by atoms with Crippen molar-refractivity contribution in [2.75, 3.05) is 12.8 Å². The number of carbonyl (C=O) groups is 2. The second kappa shape index (κ2) is 4.65. The van der Waals surface area contributed by atoms with E-state index in [1.165, 1.54) is 14.0 Å². The molecule has 0 unspecified atom stereocenters. The summed E-state index contributed by atoms with van der Waals surface area (Å²) < 4.78 is 4.98. The number of rotatable bonds is 1. The minimum absolute atomic E-state index is 0.366. The Balaban J connectivity index is 2.77. The molecule has 0 fully saturated rings. The van der Waals surface area contributed by atoms with Gasteiger partial charge in [-0.1, -0.05) is 0 Å². The molecule has 0 atom stereocenters. The van der Waals surface area contributed by atoms with Gasteiger partial charge in [0, 0.05) is 19.7 Å². The molecule has 0 bridgehead atoms. The lowest BCUT2D eigenvalue weighted by Gasteiger charge is -2.13. The summed E-state index contributed by atoms with van der Waals surface area (Å²) in [6.45, 7) is 3.09. The molecule has 0 spiro atoms. The van der Waals surface area contributed by atoms with Crippen LogP contribution in [-0.2, 0) is 4.79 Å². The van der Waals surface area contributed by atoms with Crippen molar-refractivity contribution in [2.45, 2.75) is 13.8 Å². The Morgan fingerprint density at radius 1 is 1.38 bits per heavy atom. The van der Waals surface area contributed by atoms with E-state index in [0.717, 1.165) is 10.5 Å². The zero-order valence-corrected chi connectivity index (χ0v) is 9.48. The molecule has 0 aromatic heterocycles. The number of ether oxygens (including phenoxy) is 1. The van der Waals surface area contributed by atoms with E-state index in [2.05, 4.69) is 0 Å². The van der Waals surface area contributed by atoms with Crippen molar-refractivity contribution < 1.29 is 14.3 Å². The molecule has 0 radical (unpaired) electrons. The molecule has 1 aromatic carbocycles. The molecule has 1 rings (SSSR count). The van der Waals surface area contributed by atoms with E-state index >= 15 is 0 Å². The van der Waals surface area contributed by atoms with Gasteiger partial charge in [-0.15, -0.1) is 0 Å². The summed E-state index contributed by atoms with van der Waals surface area (Å²) in [6.07, 6.45) is -0.711. The van der Waals surface area contributed by atoms with Crippen LogP contribution in [0.15, 0.2) is 18.2 Å². The van der Waals surface area contributed by atoms with Crippen molar-refractivity contribution in [3.63, 3.8) is 0 Å². The Morgan fingerprint density at radius 2 is 2.00 bits per heavy atom. The fourth-order valence-electron chi connectivity index (χ4n) is 1.01. The van der Waals surface area contributed by atoms with Gasteiger partial charge in [0.2, 0.25) is 5.91 Å². The van der Waals surface area contributed by atoms with Crippen LogP contribution in [0.25, 0.3) is 0 Å². The first-order valence-corrected chi connectivity index (χ1v) is 4.74. The Morgan fingerprint density at radius 3 is 2.50 bits per heavy atom. The Kier molecular flexibility index (Phi) is 3.50. The topological polar surface area (TPSA) is 72.6 Å². The average Bonchev–Trinajstić information content (AvgIpc) is 2.22. The third-order valence-electron chi connectivity index (χ3n) is 2.19. The third-order valence-corrected chi connectivity index (χ3v) is 2.19. The molecule has 0 aliphatic rings. The van der Waals surface area contributed by atoms with E-state index in [1.54, 1.807) is 25.1 Å². The standard InChI is InChI=1S/C11H14N2O3/c1-7-6-9(4-5-10(7)12)16-11(15)13(3)8(2)14/h4-6H,12H2,1-3H3. The van der Waals surface area contributed by atoms with Crippen LogP contribution < -0.4 is 10.5 Å². The highest BCUT2D eigenvalue weighted by Crippen LogP contribution is 2.19. The molecule has 0 heterocycles. The number of nitrogens with zero attached hydrogens (tertiary/aromatic N) is 1. The summed E-state index contributed by atoms with van der Waals surface area (Å²) in [4.78, 5) is 23.2. The number of imide groups is 1. The van der Waals surface area contributed by atoms with Crippen molar-refractivity contribution in [1.82, 2.24) is 4.90 Å². The summed E-state index contributed by atoms with van der Waals surface area (Å²) in [5.74, 6) is -0.0121. The fraction of sp³-hybridized carbons (Fsp3) is 0.273. The van der Waals surface area contributed by atoms with Gasteiger partial charge in [0.1, 0.15) is 5.75 Å². The summed E-state index contributed by atoms with van der Waals surface area (Å²) in [5, 5.41) is 0. The summed E-state index contributed by atoms with van der Waals surface area (Å²) in [5.41, 5.74) is 7.06. The van der Waals surface area contributed by atoms with Crippen LogP contribution in [0.1, 0.15) is 12.5 Å². The molecular formula is C11H14N2O3. The van der Waals surface area contributed by atoms with Crippen LogP contribution >= 0.6 is 0 Å². The van der Waals surface area contributed by atoms with Crippen LogP contribution in [0.3, 0.4) is 0 Å². The number of benzene rings is 1. The fourth-order valence-corrected chi connectivity index (χ4v) is 1.01.